The molecule has 0 aromatic heterocycles. The van der Waals surface area contributed by atoms with Crippen molar-refractivity contribution in [3.05, 3.63) is 71.3 Å². The highest BCUT2D eigenvalue weighted by Crippen LogP contribution is 2.31. The van der Waals surface area contributed by atoms with Gasteiger partial charge in [-0.2, -0.15) is 0 Å². The molecule has 154 valence electrons. The fourth-order valence-corrected chi connectivity index (χ4v) is 3.93. The molecule has 1 aliphatic heterocycles. The first-order valence-electron chi connectivity index (χ1n) is 10.3. The maximum Gasteiger partial charge on any atom is 0.253 e. The zero-order valence-electron chi connectivity index (χ0n) is 17.6. The Morgan fingerprint density at radius 2 is 1.83 bits per heavy atom. The molecule has 5 nitrogen and oxygen atoms in total. The summed E-state index contributed by atoms with van der Waals surface area (Å²) in [6.07, 6.45) is 0.760. The molecule has 0 saturated carbocycles. The molecule has 1 aliphatic rings. The van der Waals surface area contributed by atoms with Crippen LogP contribution in [0.4, 0.5) is 0 Å². The molecule has 1 fully saturated rings. The average Bonchev–Trinajstić information content (AvgIpc) is 2.73. The monoisotopic (exact) mass is 393 g/mol. The number of hydrogen-bond acceptors (Lipinski definition) is 3. The smallest absolute Gasteiger partial charge is 0.253 e. The topological polar surface area (TPSA) is 52.7 Å². The van der Waals surface area contributed by atoms with Gasteiger partial charge in [0.2, 0.25) is 5.91 Å². The van der Waals surface area contributed by atoms with E-state index in [4.69, 9.17) is 0 Å². The summed E-state index contributed by atoms with van der Waals surface area (Å²) in [4.78, 5) is 29.9. The van der Waals surface area contributed by atoms with Crippen LogP contribution in [0, 0.1) is 12.8 Å². The number of amides is 2. The van der Waals surface area contributed by atoms with Crippen molar-refractivity contribution >= 4 is 11.8 Å². The van der Waals surface area contributed by atoms with Gasteiger partial charge in [0.05, 0.1) is 5.92 Å². The summed E-state index contributed by atoms with van der Waals surface area (Å²) in [5.74, 6) is -0.0193. The van der Waals surface area contributed by atoms with E-state index in [1.807, 2.05) is 54.2 Å². The minimum atomic E-state index is -0.205. The zero-order valence-corrected chi connectivity index (χ0v) is 17.6. The van der Waals surface area contributed by atoms with Crippen LogP contribution in [0.3, 0.4) is 0 Å². The Hall–Kier alpha value is -2.66. The van der Waals surface area contributed by atoms with Gasteiger partial charge in [0.25, 0.3) is 5.91 Å². The van der Waals surface area contributed by atoms with Gasteiger partial charge in [-0.15, -0.1) is 0 Å². The van der Waals surface area contributed by atoms with E-state index < -0.39 is 0 Å². The molecule has 2 unspecified atom stereocenters. The lowest BCUT2D eigenvalue weighted by molar-refractivity contribution is -0.126. The molecular weight excluding hydrogens is 362 g/mol. The number of benzene rings is 2. The van der Waals surface area contributed by atoms with Gasteiger partial charge in [-0.05, 0) is 45.1 Å². The number of piperidine rings is 1. The Morgan fingerprint density at radius 1 is 1.07 bits per heavy atom. The SMILES string of the molecule is Cc1cccc(C2CC(C(=O)NCCN(C)C)CN(C(=O)c3ccccc3)C2)c1. The Balaban J connectivity index is 1.79. The molecule has 2 amide bonds. The van der Waals surface area contributed by atoms with Crippen molar-refractivity contribution in [3.8, 4) is 0 Å². The molecule has 2 atom stereocenters. The summed E-state index contributed by atoms with van der Waals surface area (Å²) >= 11 is 0. The maximum atomic E-state index is 13.1. The minimum absolute atomic E-state index is 0.00551. The predicted octanol–water partition coefficient (Wildman–Crippen LogP) is 2.92. The quantitative estimate of drug-likeness (QED) is 0.821. The lowest BCUT2D eigenvalue weighted by Crippen LogP contribution is -2.48. The summed E-state index contributed by atoms with van der Waals surface area (Å²) in [7, 11) is 3.97. The van der Waals surface area contributed by atoms with Crippen LogP contribution in [0.15, 0.2) is 54.6 Å². The number of aryl methyl sites for hydroxylation is 1. The van der Waals surface area contributed by atoms with E-state index in [2.05, 4.69) is 36.5 Å². The summed E-state index contributed by atoms with van der Waals surface area (Å²) in [6, 6.07) is 17.7. The number of carbonyl (C=O) groups is 2. The molecule has 0 aliphatic carbocycles. The number of nitrogens with zero attached hydrogens (tertiary/aromatic N) is 2. The van der Waals surface area contributed by atoms with Gasteiger partial charge in [0.15, 0.2) is 0 Å². The van der Waals surface area contributed by atoms with E-state index in [9.17, 15) is 9.59 Å². The standard InChI is InChI=1S/C24H31N3O2/c1-18-8-7-11-20(14-18)21-15-22(23(28)25-12-13-26(2)3)17-27(16-21)24(29)19-9-5-4-6-10-19/h4-11,14,21-22H,12-13,15-17H2,1-3H3,(H,25,28). The van der Waals surface area contributed by atoms with Gasteiger partial charge in [-0.3, -0.25) is 9.59 Å². The molecule has 5 heteroatoms. The third kappa shape index (κ3) is 5.67. The Kier molecular flexibility index (Phi) is 7.04. The highest BCUT2D eigenvalue weighted by molar-refractivity contribution is 5.94. The Bertz CT molecular complexity index is 835. The molecule has 0 spiro atoms. The van der Waals surface area contributed by atoms with Crippen molar-refractivity contribution < 1.29 is 9.59 Å². The summed E-state index contributed by atoms with van der Waals surface area (Å²) in [6.45, 7) is 4.59. The van der Waals surface area contributed by atoms with E-state index >= 15 is 0 Å². The van der Waals surface area contributed by atoms with Gasteiger partial charge < -0.3 is 15.1 Å². The second kappa shape index (κ2) is 9.70. The van der Waals surface area contributed by atoms with Crippen LogP contribution < -0.4 is 5.32 Å². The van der Waals surface area contributed by atoms with Gasteiger partial charge in [-0.25, -0.2) is 0 Å². The fourth-order valence-electron chi connectivity index (χ4n) is 3.93. The van der Waals surface area contributed by atoms with Crippen molar-refractivity contribution in [3.63, 3.8) is 0 Å². The van der Waals surface area contributed by atoms with Crippen molar-refractivity contribution in [1.82, 2.24) is 15.1 Å². The van der Waals surface area contributed by atoms with E-state index in [1.165, 1.54) is 11.1 Å². The van der Waals surface area contributed by atoms with E-state index in [1.54, 1.807) is 0 Å². The molecule has 1 N–H and O–H groups in total. The molecule has 1 saturated heterocycles. The van der Waals surface area contributed by atoms with Gasteiger partial charge in [0, 0.05) is 37.7 Å². The van der Waals surface area contributed by atoms with Crippen LogP contribution in [0.5, 0.6) is 0 Å². The Labute approximate surface area is 173 Å². The molecule has 0 bridgehead atoms. The molecule has 29 heavy (non-hydrogen) atoms. The number of rotatable bonds is 6. The highest BCUT2D eigenvalue weighted by Gasteiger charge is 2.34. The summed E-state index contributed by atoms with van der Waals surface area (Å²) < 4.78 is 0. The Morgan fingerprint density at radius 3 is 2.52 bits per heavy atom. The van der Waals surface area contributed by atoms with Crippen molar-refractivity contribution in [1.29, 1.82) is 0 Å². The van der Waals surface area contributed by atoms with Gasteiger partial charge in [-0.1, -0.05) is 48.0 Å². The van der Waals surface area contributed by atoms with Gasteiger partial charge >= 0.3 is 0 Å². The fraction of sp³-hybridized carbons (Fsp3) is 0.417. The zero-order chi connectivity index (χ0) is 20.8. The van der Waals surface area contributed by atoms with E-state index in [0.717, 1.165) is 13.0 Å². The van der Waals surface area contributed by atoms with Crippen molar-refractivity contribution in [2.45, 2.75) is 19.3 Å². The van der Waals surface area contributed by atoms with Crippen LogP contribution in [-0.4, -0.2) is 61.9 Å². The number of likely N-dealkylation sites (N-methyl/N-ethyl adjacent to an activating group) is 1. The van der Waals surface area contributed by atoms with Crippen molar-refractivity contribution in [2.24, 2.45) is 5.92 Å². The molecule has 2 aromatic rings. The molecule has 3 rings (SSSR count). The second-order valence-corrected chi connectivity index (χ2v) is 8.21. The lowest BCUT2D eigenvalue weighted by Gasteiger charge is -2.37. The van der Waals surface area contributed by atoms with Crippen LogP contribution in [-0.2, 0) is 4.79 Å². The third-order valence-corrected chi connectivity index (χ3v) is 5.50. The molecule has 0 radical (unpaired) electrons. The third-order valence-electron chi connectivity index (χ3n) is 5.50. The predicted molar refractivity (Wildman–Crippen MR) is 116 cm³/mol. The summed E-state index contributed by atoms with van der Waals surface area (Å²) in [5.41, 5.74) is 3.06. The first kappa shape index (κ1) is 21.1. The first-order valence-corrected chi connectivity index (χ1v) is 10.3. The van der Waals surface area contributed by atoms with E-state index in [-0.39, 0.29) is 23.7 Å². The number of nitrogens with one attached hydrogen (secondary N) is 1. The van der Waals surface area contributed by atoms with Crippen LogP contribution in [0.25, 0.3) is 0 Å². The highest BCUT2D eigenvalue weighted by atomic mass is 16.2. The van der Waals surface area contributed by atoms with Crippen molar-refractivity contribution in [2.75, 3.05) is 40.3 Å². The average molecular weight is 394 g/mol. The number of likely N-dealkylation sites (tertiary alicyclic amines) is 1. The van der Waals surface area contributed by atoms with Crippen LogP contribution >= 0.6 is 0 Å². The lowest BCUT2D eigenvalue weighted by atomic mass is 9.83. The van der Waals surface area contributed by atoms with Crippen LogP contribution in [0.1, 0.15) is 33.8 Å². The van der Waals surface area contributed by atoms with Crippen LogP contribution in [0.2, 0.25) is 0 Å². The molecular formula is C24H31N3O2. The number of carbonyl (C=O) groups excluding carboxylic acids is 2. The van der Waals surface area contributed by atoms with E-state index in [0.29, 0.717) is 25.2 Å². The first-order chi connectivity index (χ1) is 13.9. The molecule has 2 aromatic carbocycles. The normalized spacial score (nSPS) is 19.2. The minimum Gasteiger partial charge on any atom is -0.355 e. The second-order valence-electron chi connectivity index (χ2n) is 8.21. The summed E-state index contributed by atoms with van der Waals surface area (Å²) in [5, 5.41) is 3.05. The largest absolute Gasteiger partial charge is 0.355 e. The molecule has 1 heterocycles. The number of hydrogen-bond donors (Lipinski definition) is 1. The maximum absolute atomic E-state index is 13.1. The van der Waals surface area contributed by atoms with Gasteiger partial charge in [0.1, 0.15) is 0 Å².